The standard InChI is InChI=1S/C18H20N4O2/c23-16(10-21-18(24)17-11-19-7-3-8-20-17)13-22-9-6-14-4-1-2-5-15(14)12-22/h1-5,8,11,16,23H,6,9-10,12-13H2,(H,21,24). The molecule has 124 valence electrons. The van der Waals surface area contributed by atoms with Crippen molar-refractivity contribution in [2.24, 2.45) is 9.98 Å². The van der Waals surface area contributed by atoms with Gasteiger partial charge in [-0.05, 0) is 23.4 Å². The van der Waals surface area contributed by atoms with Crippen LogP contribution in [0.15, 0.2) is 52.2 Å². The summed E-state index contributed by atoms with van der Waals surface area (Å²) in [6.07, 6.45) is 4.70. The first-order valence-electron chi connectivity index (χ1n) is 7.99. The molecule has 0 aliphatic carbocycles. The Morgan fingerprint density at radius 2 is 2.21 bits per heavy atom. The lowest BCUT2D eigenvalue weighted by Crippen LogP contribution is -2.42. The smallest absolute Gasteiger partial charge is 0.271 e. The average Bonchev–Trinajstić information content (AvgIpc) is 2.89. The molecule has 0 saturated heterocycles. The van der Waals surface area contributed by atoms with Gasteiger partial charge < -0.3 is 10.4 Å². The van der Waals surface area contributed by atoms with Crippen LogP contribution < -0.4 is 5.32 Å². The highest BCUT2D eigenvalue weighted by Crippen LogP contribution is 2.18. The number of fused-ring (bicyclic) bond motifs is 1. The van der Waals surface area contributed by atoms with E-state index in [4.69, 9.17) is 0 Å². The van der Waals surface area contributed by atoms with E-state index < -0.39 is 6.10 Å². The van der Waals surface area contributed by atoms with Gasteiger partial charge in [0.1, 0.15) is 5.70 Å². The number of aliphatic hydroxyl groups excluding tert-OH is 1. The van der Waals surface area contributed by atoms with Crippen LogP contribution in [-0.2, 0) is 17.8 Å². The predicted octanol–water partition coefficient (Wildman–Crippen LogP) is 0.674. The zero-order chi connectivity index (χ0) is 16.8. The van der Waals surface area contributed by atoms with E-state index in [1.54, 1.807) is 0 Å². The second kappa shape index (κ2) is 7.84. The lowest BCUT2D eigenvalue weighted by molar-refractivity contribution is -0.118. The lowest BCUT2D eigenvalue weighted by atomic mass is 10.00. The molecule has 6 nitrogen and oxygen atoms in total. The monoisotopic (exact) mass is 324 g/mol. The van der Waals surface area contributed by atoms with Gasteiger partial charge in [0.2, 0.25) is 0 Å². The van der Waals surface area contributed by atoms with Gasteiger partial charge in [0.05, 0.1) is 12.3 Å². The number of allylic oxidation sites excluding steroid dienone is 1. The van der Waals surface area contributed by atoms with Crippen LogP contribution in [0.3, 0.4) is 0 Å². The van der Waals surface area contributed by atoms with Gasteiger partial charge in [-0.25, -0.2) is 9.98 Å². The number of benzene rings is 1. The summed E-state index contributed by atoms with van der Waals surface area (Å²) in [7, 11) is 0. The minimum atomic E-state index is -0.629. The fourth-order valence-corrected chi connectivity index (χ4v) is 2.82. The fraction of sp³-hybridized carbons (Fsp3) is 0.333. The maximum atomic E-state index is 12.0. The van der Waals surface area contributed by atoms with Gasteiger partial charge in [0.15, 0.2) is 0 Å². The van der Waals surface area contributed by atoms with Gasteiger partial charge in [-0.1, -0.05) is 24.3 Å². The summed E-state index contributed by atoms with van der Waals surface area (Å²) in [5.41, 5.74) is 2.89. The molecule has 0 bridgehead atoms. The second-order valence-electron chi connectivity index (χ2n) is 5.84. The summed E-state index contributed by atoms with van der Waals surface area (Å²) in [5, 5.41) is 12.9. The van der Waals surface area contributed by atoms with Crippen LogP contribution in [0.4, 0.5) is 0 Å². The highest BCUT2D eigenvalue weighted by atomic mass is 16.3. The highest BCUT2D eigenvalue weighted by molar-refractivity contribution is 5.97. The molecule has 1 aromatic carbocycles. The van der Waals surface area contributed by atoms with Gasteiger partial charge in [-0.15, -0.1) is 0 Å². The van der Waals surface area contributed by atoms with E-state index in [2.05, 4.69) is 44.3 Å². The lowest BCUT2D eigenvalue weighted by Gasteiger charge is -2.30. The maximum Gasteiger partial charge on any atom is 0.271 e. The highest BCUT2D eigenvalue weighted by Gasteiger charge is 2.19. The molecule has 2 aliphatic rings. The van der Waals surface area contributed by atoms with Gasteiger partial charge in [0, 0.05) is 38.5 Å². The maximum absolute atomic E-state index is 12.0. The second-order valence-corrected chi connectivity index (χ2v) is 5.84. The third-order valence-corrected chi connectivity index (χ3v) is 4.03. The zero-order valence-corrected chi connectivity index (χ0v) is 13.4. The summed E-state index contributed by atoms with van der Waals surface area (Å²) < 4.78 is 0. The number of rotatable bonds is 5. The van der Waals surface area contributed by atoms with Crippen molar-refractivity contribution in [3.63, 3.8) is 0 Å². The Bertz CT molecular complexity index is 732. The van der Waals surface area contributed by atoms with Crippen LogP contribution in [-0.4, -0.2) is 53.7 Å². The first-order chi connectivity index (χ1) is 11.7. The molecular formula is C18H20N4O2. The number of nitrogens with zero attached hydrogens (tertiary/aromatic N) is 3. The molecule has 24 heavy (non-hydrogen) atoms. The normalized spacial score (nSPS) is 17.8. The van der Waals surface area contributed by atoms with E-state index >= 15 is 0 Å². The molecule has 1 unspecified atom stereocenters. The molecular weight excluding hydrogens is 304 g/mol. The number of amides is 1. The van der Waals surface area contributed by atoms with Crippen molar-refractivity contribution in [3.05, 3.63) is 53.4 Å². The average molecular weight is 324 g/mol. The van der Waals surface area contributed by atoms with Crippen molar-refractivity contribution in [1.82, 2.24) is 10.2 Å². The summed E-state index contributed by atoms with van der Waals surface area (Å²) in [4.78, 5) is 21.9. The quantitative estimate of drug-likeness (QED) is 0.836. The van der Waals surface area contributed by atoms with Crippen molar-refractivity contribution in [2.45, 2.75) is 19.1 Å². The minimum absolute atomic E-state index is 0.182. The number of hydrogen-bond donors (Lipinski definition) is 2. The largest absolute Gasteiger partial charge is 0.390 e. The number of carbonyl (C=O) groups excluding carboxylic acids is 1. The van der Waals surface area contributed by atoms with Crippen molar-refractivity contribution in [1.29, 1.82) is 0 Å². The summed E-state index contributed by atoms with van der Waals surface area (Å²) in [5.74, 6) is 2.25. The molecule has 2 heterocycles. The van der Waals surface area contributed by atoms with E-state index in [1.807, 2.05) is 6.07 Å². The molecule has 1 aromatic rings. The summed E-state index contributed by atoms with van der Waals surface area (Å²) in [6.45, 7) is 2.45. The number of nitrogens with one attached hydrogen (secondary N) is 1. The third kappa shape index (κ3) is 4.26. The van der Waals surface area contributed by atoms with Crippen molar-refractivity contribution in [3.8, 4) is 0 Å². The minimum Gasteiger partial charge on any atom is -0.390 e. The van der Waals surface area contributed by atoms with E-state index in [0.29, 0.717) is 6.54 Å². The number of hydrogen-bond acceptors (Lipinski definition) is 5. The van der Waals surface area contributed by atoms with E-state index in [1.165, 1.54) is 29.6 Å². The van der Waals surface area contributed by atoms with Gasteiger partial charge in [-0.3, -0.25) is 9.69 Å². The molecule has 0 radical (unpaired) electrons. The first kappa shape index (κ1) is 16.3. The molecule has 6 heteroatoms. The Hall–Kier alpha value is -2.53. The SMILES string of the molecule is O=C(NCC(O)CN1CCc2ccccc2C1)C1=CN=C=CC=N1. The Kier molecular flexibility index (Phi) is 5.33. The van der Waals surface area contributed by atoms with Gasteiger partial charge in [0.25, 0.3) is 5.91 Å². The van der Waals surface area contributed by atoms with Crippen LogP contribution in [0.5, 0.6) is 0 Å². The number of β-amino-alcohol motifs (C(OH)–C–C–N with tert-alkyl or cyclic N) is 1. The Labute approximate surface area is 140 Å². The topological polar surface area (TPSA) is 77.3 Å². The molecule has 1 atom stereocenters. The van der Waals surface area contributed by atoms with E-state index in [-0.39, 0.29) is 18.1 Å². The number of aliphatic hydroxyl groups is 1. The van der Waals surface area contributed by atoms with Gasteiger partial charge in [-0.2, -0.15) is 0 Å². The molecule has 0 spiro atoms. The Balaban J connectivity index is 1.46. The van der Waals surface area contributed by atoms with Crippen LogP contribution in [0.25, 0.3) is 0 Å². The van der Waals surface area contributed by atoms with Crippen LogP contribution in [0.1, 0.15) is 11.1 Å². The van der Waals surface area contributed by atoms with E-state index in [9.17, 15) is 9.90 Å². The number of aliphatic imine (C=N–C) groups is 2. The predicted molar refractivity (Wildman–Crippen MR) is 93.0 cm³/mol. The molecule has 0 fully saturated rings. The van der Waals surface area contributed by atoms with E-state index in [0.717, 1.165) is 19.5 Å². The van der Waals surface area contributed by atoms with Gasteiger partial charge >= 0.3 is 0 Å². The molecule has 1 amide bonds. The first-order valence-corrected chi connectivity index (χ1v) is 7.99. The summed E-state index contributed by atoms with van der Waals surface area (Å²) in [6, 6.07) is 8.38. The summed E-state index contributed by atoms with van der Waals surface area (Å²) >= 11 is 0. The molecule has 3 rings (SSSR count). The molecule has 0 aromatic heterocycles. The van der Waals surface area contributed by atoms with Crippen LogP contribution in [0.2, 0.25) is 0 Å². The molecule has 2 N–H and O–H groups in total. The van der Waals surface area contributed by atoms with Crippen molar-refractivity contribution < 1.29 is 9.90 Å². The molecule has 0 saturated carbocycles. The van der Waals surface area contributed by atoms with Crippen molar-refractivity contribution >= 4 is 18.0 Å². The third-order valence-electron chi connectivity index (χ3n) is 4.03. The Morgan fingerprint density at radius 3 is 3.08 bits per heavy atom. The fourth-order valence-electron chi connectivity index (χ4n) is 2.82. The van der Waals surface area contributed by atoms with Crippen LogP contribution in [0, 0.1) is 0 Å². The molecule has 2 aliphatic heterocycles. The van der Waals surface area contributed by atoms with Crippen molar-refractivity contribution in [2.75, 3.05) is 19.6 Å². The Morgan fingerprint density at radius 1 is 1.38 bits per heavy atom. The van der Waals surface area contributed by atoms with Crippen LogP contribution >= 0.6 is 0 Å². The zero-order valence-electron chi connectivity index (χ0n) is 13.4. The number of carbonyl (C=O) groups is 1.